The van der Waals surface area contributed by atoms with Crippen molar-refractivity contribution in [3.8, 4) is 0 Å². The Kier molecular flexibility index (Phi) is 5.91. The van der Waals surface area contributed by atoms with Crippen LogP contribution in [-0.2, 0) is 16.0 Å². The number of amides is 1. The fraction of sp³-hybridized carbons (Fsp3) is 0.167. The highest BCUT2D eigenvalue weighted by Gasteiger charge is 2.16. The van der Waals surface area contributed by atoms with Crippen LogP contribution in [0.5, 0.6) is 0 Å². The molecule has 20 heavy (non-hydrogen) atoms. The molecule has 108 valence electrons. The molecule has 0 fully saturated rings. The van der Waals surface area contributed by atoms with E-state index in [4.69, 9.17) is 28.3 Å². The number of carbonyl (C=O) groups is 2. The predicted molar refractivity (Wildman–Crippen MR) is 69.4 cm³/mol. The van der Waals surface area contributed by atoms with Gasteiger partial charge in [0.15, 0.2) is 0 Å². The van der Waals surface area contributed by atoms with E-state index in [1.54, 1.807) is 0 Å². The Morgan fingerprint density at radius 2 is 1.85 bits per heavy atom. The Hall–Kier alpha value is -1.66. The normalized spacial score (nSPS) is 11.8. The van der Waals surface area contributed by atoms with Crippen LogP contribution in [0.25, 0.3) is 0 Å². The van der Waals surface area contributed by atoms with Gasteiger partial charge in [0.1, 0.15) is 21.7 Å². The van der Waals surface area contributed by atoms with Crippen LogP contribution < -0.4 is 5.32 Å². The number of halogens is 4. The van der Waals surface area contributed by atoms with E-state index in [1.807, 2.05) is 0 Å². The molecule has 0 aromatic heterocycles. The van der Waals surface area contributed by atoms with Crippen molar-refractivity contribution in [2.24, 2.45) is 0 Å². The van der Waals surface area contributed by atoms with Crippen molar-refractivity contribution >= 4 is 35.1 Å². The molecule has 0 aliphatic rings. The average Bonchev–Trinajstić information content (AvgIpc) is 2.39. The summed E-state index contributed by atoms with van der Waals surface area (Å²) in [5.41, 5.74) is 0.205. The first-order chi connectivity index (χ1) is 9.32. The van der Waals surface area contributed by atoms with E-state index in [9.17, 15) is 18.4 Å². The zero-order valence-corrected chi connectivity index (χ0v) is 11.4. The molecule has 1 aromatic carbocycles. The molecule has 1 amide bonds. The van der Waals surface area contributed by atoms with E-state index in [1.165, 1.54) is 6.07 Å². The summed E-state index contributed by atoms with van der Waals surface area (Å²) < 4.78 is 25.9. The minimum absolute atomic E-state index is 0.0125. The number of carbonyl (C=O) groups excluding carboxylic acids is 1. The Morgan fingerprint density at radius 1 is 1.20 bits per heavy atom. The van der Waals surface area contributed by atoms with Gasteiger partial charge in [0, 0.05) is 12.6 Å². The number of carboxylic acid groups (broad SMARTS) is 1. The molecule has 1 rings (SSSR count). The van der Waals surface area contributed by atoms with E-state index in [0.29, 0.717) is 0 Å². The van der Waals surface area contributed by atoms with Gasteiger partial charge in [0.25, 0.3) is 5.91 Å². The van der Waals surface area contributed by atoms with E-state index in [2.05, 4.69) is 5.32 Å². The number of aliphatic carboxylic acids is 1. The third kappa shape index (κ3) is 4.47. The minimum atomic E-state index is -1.53. The van der Waals surface area contributed by atoms with Crippen LogP contribution in [0.15, 0.2) is 28.3 Å². The summed E-state index contributed by atoms with van der Waals surface area (Å²) in [7, 11) is 0. The van der Waals surface area contributed by atoms with Crippen molar-refractivity contribution in [1.82, 2.24) is 5.32 Å². The van der Waals surface area contributed by atoms with Crippen molar-refractivity contribution in [2.45, 2.75) is 6.42 Å². The molecule has 0 atom stereocenters. The van der Waals surface area contributed by atoms with Crippen LogP contribution in [0.3, 0.4) is 0 Å². The first-order valence-corrected chi connectivity index (χ1v) is 6.09. The van der Waals surface area contributed by atoms with E-state index >= 15 is 0 Å². The lowest BCUT2D eigenvalue weighted by Crippen LogP contribution is -2.27. The van der Waals surface area contributed by atoms with Gasteiger partial charge in [0.05, 0.1) is 0 Å². The second-order valence-corrected chi connectivity index (χ2v) is 4.43. The molecule has 0 bridgehead atoms. The van der Waals surface area contributed by atoms with Crippen LogP contribution in [0.1, 0.15) is 5.56 Å². The summed E-state index contributed by atoms with van der Waals surface area (Å²) >= 11 is 10.7. The maximum Gasteiger partial charge on any atom is 0.349 e. The van der Waals surface area contributed by atoms with E-state index < -0.39 is 33.6 Å². The highest BCUT2D eigenvalue weighted by Crippen LogP contribution is 2.14. The number of benzene rings is 1. The van der Waals surface area contributed by atoms with Gasteiger partial charge in [-0.05, 0) is 18.1 Å². The third-order valence-electron chi connectivity index (χ3n) is 2.27. The van der Waals surface area contributed by atoms with Crippen molar-refractivity contribution in [3.05, 3.63) is 45.5 Å². The number of carboxylic acids is 1. The maximum atomic E-state index is 13.3. The first kappa shape index (κ1) is 16.4. The second-order valence-electron chi connectivity index (χ2n) is 3.67. The molecule has 0 saturated carbocycles. The van der Waals surface area contributed by atoms with Crippen LogP contribution in [0.2, 0.25) is 0 Å². The van der Waals surface area contributed by atoms with Gasteiger partial charge in [-0.15, -0.1) is 0 Å². The Labute approximate surface area is 123 Å². The summed E-state index contributed by atoms with van der Waals surface area (Å²) in [6.07, 6.45) is 0.0900. The van der Waals surface area contributed by atoms with Gasteiger partial charge >= 0.3 is 5.97 Å². The lowest BCUT2D eigenvalue weighted by Gasteiger charge is -2.06. The highest BCUT2D eigenvalue weighted by atomic mass is 35.5. The van der Waals surface area contributed by atoms with Gasteiger partial charge < -0.3 is 10.4 Å². The molecular weight excluding hydrogens is 315 g/mol. The fourth-order valence-corrected chi connectivity index (χ4v) is 1.54. The van der Waals surface area contributed by atoms with Crippen LogP contribution in [0.4, 0.5) is 8.78 Å². The largest absolute Gasteiger partial charge is 0.477 e. The molecule has 8 heteroatoms. The standard InChI is InChI=1S/C12H9Cl2F2NO3/c13-9(10(14)12(19)20)11(18)17-4-3-6-1-2-7(15)5-8(6)16/h1-2,5H,3-4H2,(H,17,18)(H,19,20)/b10-9-. The average molecular weight is 324 g/mol. The van der Waals surface area contributed by atoms with Crippen LogP contribution in [-0.4, -0.2) is 23.5 Å². The van der Waals surface area contributed by atoms with Gasteiger partial charge in [0.2, 0.25) is 0 Å². The Balaban J connectivity index is 2.59. The summed E-state index contributed by atoms with van der Waals surface area (Å²) in [5, 5.41) is 9.32. The second kappa shape index (κ2) is 7.21. The smallest absolute Gasteiger partial charge is 0.349 e. The molecular formula is C12H9Cl2F2NO3. The Bertz CT molecular complexity index is 576. The zero-order chi connectivity index (χ0) is 15.3. The van der Waals surface area contributed by atoms with Crippen LogP contribution in [0, 0.1) is 11.6 Å². The summed E-state index contributed by atoms with van der Waals surface area (Å²) in [4.78, 5) is 21.9. The first-order valence-electron chi connectivity index (χ1n) is 5.33. The molecule has 2 N–H and O–H groups in total. The maximum absolute atomic E-state index is 13.3. The van der Waals surface area contributed by atoms with E-state index in [0.717, 1.165) is 12.1 Å². The SMILES string of the molecule is O=C(O)/C(Cl)=C(/Cl)C(=O)NCCc1ccc(F)cc1F. The molecule has 0 heterocycles. The lowest BCUT2D eigenvalue weighted by molar-refractivity contribution is -0.132. The lowest BCUT2D eigenvalue weighted by atomic mass is 10.1. The molecule has 0 aliphatic heterocycles. The molecule has 0 spiro atoms. The quantitative estimate of drug-likeness (QED) is 0.818. The van der Waals surface area contributed by atoms with Crippen molar-refractivity contribution < 1.29 is 23.5 Å². The molecule has 4 nitrogen and oxygen atoms in total. The number of rotatable bonds is 5. The van der Waals surface area contributed by atoms with Crippen molar-refractivity contribution in [3.63, 3.8) is 0 Å². The topological polar surface area (TPSA) is 66.4 Å². The molecule has 0 aliphatic carbocycles. The fourth-order valence-electron chi connectivity index (χ4n) is 1.31. The van der Waals surface area contributed by atoms with Gasteiger partial charge in [-0.1, -0.05) is 29.3 Å². The van der Waals surface area contributed by atoms with Gasteiger partial charge in [-0.3, -0.25) is 4.79 Å². The summed E-state index contributed by atoms with van der Waals surface area (Å²) in [6, 6.07) is 3.07. The monoisotopic (exact) mass is 323 g/mol. The number of hydrogen-bond donors (Lipinski definition) is 2. The minimum Gasteiger partial charge on any atom is -0.477 e. The van der Waals surface area contributed by atoms with Crippen LogP contribution >= 0.6 is 23.2 Å². The predicted octanol–water partition coefficient (Wildman–Crippen LogP) is 2.40. The Morgan fingerprint density at radius 3 is 2.40 bits per heavy atom. The third-order valence-corrected chi connectivity index (χ3v) is 3.08. The van der Waals surface area contributed by atoms with E-state index in [-0.39, 0.29) is 18.5 Å². The number of nitrogens with one attached hydrogen (secondary N) is 1. The molecule has 0 saturated heterocycles. The summed E-state index contributed by atoms with van der Waals surface area (Å²) in [6.45, 7) is -0.0125. The number of hydrogen-bond acceptors (Lipinski definition) is 2. The van der Waals surface area contributed by atoms with Gasteiger partial charge in [-0.2, -0.15) is 0 Å². The summed E-state index contributed by atoms with van der Waals surface area (Å²) in [5.74, 6) is -3.85. The van der Waals surface area contributed by atoms with Crippen molar-refractivity contribution in [1.29, 1.82) is 0 Å². The van der Waals surface area contributed by atoms with Gasteiger partial charge in [-0.25, -0.2) is 13.6 Å². The molecule has 1 aromatic rings. The highest BCUT2D eigenvalue weighted by molar-refractivity contribution is 6.53. The molecule has 0 radical (unpaired) electrons. The zero-order valence-electron chi connectivity index (χ0n) is 9.92. The van der Waals surface area contributed by atoms with Crippen molar-refractivity contribution in [2.75, 3.05) is 6.54 Å². The molecule has 0 unspecified atom stereocenters.